The molecule has 140 valence electrons. The second-order valence-corrected chi connectivity index (χ2v) is 7.83. The van der Waals surface area contributed by atoms with Crippen molar-refractivity contribution in [2.45, 2.75) is 33.1 Å². The molecule has 0 aromatic heterocycles. The Morgan fingerprint density at radius 1 is 1.44 bits per heavy atom. The quantitative estimate of drug-likeness (QED) is 0.521. The van der Waals surface area contributed by atoms with Crippen LogP contribution in [-0.4, -0.2) is 50.8 Å². The average molecular weight is 410 g/mol. The molecule has 1 saturated heterocycles. The van der Waals surface area contributed by atoms with Crippen LogP contribution in [-0.2, 0) is 11.2 Å². The van der Waals surface area contributed by atoms with Gasteiger partial charge in [-0.25, -0.2) is 0 Å². The maximum Gasteiger partial charge on any atom is 0.193 e. The van der Waals surface area contributed by atoms with Crippen molar-refractivity contribution in [3.63, 3.8) is 0 Å². The molecule has 2 rings (SSSR count). The first-order valence-electron chi connectivity index (χ1n) is 9.44. The molecular formula is C20H32BrN3O. The Balaban J connectivity index is 1.94. The van der Waals surface area contributed by atoms with E-state index < -0.39 is 0 Å². The lowest BCUT2D eigenvalue weighted by Gasteiger charge is -2.25. The van der Waals surface area contributed by atoms with Crippen molar-refractivity contribution >= 4 is 21.9 Å². The van der Waals surface area contributed by atoms with Gasteiger partial charge in [-0.15, -0.1) is 0 Å². The minimum absolute atomic E-state index is 0.561. The molecule has 1 aliphatic heterocycles. The highest BCUT2D eigenvalue weighted by molar-refractivity contribution is 9.10. The van der Waals surface area contributed by atoms with E-state index in [-0.39, 0.29) is 0 Å². The molecule has 1 aromatic rings. The predicted octanol–water partition coefficient (Wildman–Crippen LogP) is 3.95. The average Bonchev–Trinajstić information content (AvgIpc) is 3.10. The summed E-state index contributed by atoms with van der Waals surface area (Å²) in [6.45, 7) is 8.92. The molecule has 0 radical (unpaired) electrons. The van der Waals surface area contributed by atoms with Gasteiger partial charge in [0.25, 0.3) is 0 Å². The Hall–Kier alpha value is -1.07. The third kappa shape index (κ3) is 6.98. The van der Waals surface area contributed by atoms with Crippen LogP contribution in [0.1, 0.15) is 32.3 Å². The van der Waals surface area contributed by atoms with Gasteiger partial charge in [-0.05, 0) is 43.4 Å². The van der Waals surface area contributed by atoms with E-state index in [0.717, 1.165) is 62.5 Å². The zero-order valence-corrected chi connectivity index (χ0v) is 17.4. The molecule has 0 amide bonds. The molecule has 1 fully saturated rings. The summed E-state index contributed by atoms with van der Waals surface area (Å²) in [5, 5.41) is 3.44. The SMILES string of the molecule is CCNC(=NCC(CC)Cc1cccc(Br)c1)N(C)CC1CCOC1. The summed E-state index contributed by atoms with van der Waals surface area (Å²) in [4.78, 5) is 7.18. The van der Waals surface area contributed by atoms with Crippen LogP contribution in [0.2, 0.25) is 0 Å². The normalized spacial score (nSPS) is 19.0. The number of guanidine groups is 1. The Labute approximate surface area is 161 Å². The second-order valence-electron chi connectivity index (χ2n) is 6.91. The van der Waals surface area contributed by atoms with Gasteiger partial charge in [-0.2, -0.15) is 0 Å². The van der Waals surface area contributed by atoms with Crippen LogP contribution in [0.15, 0.2) is 33.7 Å². The number of hydrogen-bond donors (Lipinski definition) is 1. The van der Waals surface area contributed by atoms with Crippen molar-refractivity contribution in [1.29, 1.82) is 0 Å². The fourth-order valence-corrected chi connectivity index (χ4v) is 3.67. The molecule has 1 aliphatic rings. The van der Waals surface area contributed by atoms with E-state index in [2.05, 4.69) is 71.3 Å². The molecule has 25 heavy (non-hydrogen) atoms. The molecule has 5 heteroatoms. The highest BCUT2D eigenvalue weighted by Gasteiger charge is 2.19. The van der Waals surface area contributed by atoms with E-state index >= 15 is 0 Å². The molecular weight excluding hydrogens is 378 g/mol. The molecule has 0 spiro atoms. The van der Waals surface area contributed by atoms with E-state index in [1.807, 2.05) is 0 Å². The molecule has 2 atom stereocenters. The van der Waals surface area contributed by atoms with Gasteiger partial charge in [0.2, 0.25) is 0 Å². The molecule has 0 saturated carbocycles. The van der Waals surface area contributed by atoms with E-state index in [1.165, 1.54) is 5.56 Å². The van der Waals surface area contributed by atoms with E-state index in [9.17, 15) is 0 Å². The number of nitrogens with zero attached hydrogens (tertiary/aromatic N) is 2. The summed E-state index contributed by atoms with van der Waals surface area (Å²) in [5.74, 6) is 2.20. The van der Waals surface area contributed by atoms with E-state index in [0.29, 0.717) is 11.8 Å². The lowest BCUT2D eigenvalue weighted by atomic mass is 9.97. The number of halogens is 1. The Bertz CT molecular complexity index is 543. The summed E-state index contributed by atoms with van der Waals surface area (Å²) in [6.07, 6.45) is 3.36. The molecule has 0 bridgehead atoms. The van der Waals surface area contributed by atoms with Gasteiger partial charge >= 0.3 is 0 Å². The maximum absolute atomic E-state index is 5.50. The van der Waals surface area contributed by atoms with Gasteiger partial charge in [0.1, 0.15) is 0 Å². The van der Waals surface area contributed by atoms with Crippen LogP contribution < -0.4 is 5.32 Å². The highest BCUT2D eigenvalue weighted by Crippen LogP contribution is 2.18. The van der Waals surface area contributed by atoms with E-state index in [4.69, 9.17) is 9.73 Å². The van der Waals surface area contributed by atoms with Crippen LogP contribution in [0.5, 0.6) is 0 Å². The smallest absolute Gasteiger partial charge is 0.193 e. The summed E-state index contributed by atoms with van der Waals surface area (Å²) in [6, 6.07) is 8.60. The van der Waals surface area contributed by atoms with Crippen LogP contribution >= 0.6 is 15.9 Å². The van der Waals surface area contributed by atoms with Crippen molar-refractivity contribution in [1.82, 2.24) is 10.2 Å². The Morgan fingerprint density at radius 2 is 2.28 bits per heavy atom. The van der Waals surface area contributed by atoms with Gasteiger partial charge in [0.15, 0.2) is 5.96 Å². The van der Waals surface area contributed by atoms with Crippen LogP contribution in [0.4, 0.5) is 0 Å². The standard InChI is InChI=1S/C20H32BrN3O/c1-4-16(11-17-7-6-8-19(21)12-17)13-23-20(22-5-2)24(3)14-18-9-10-25-15-18/h6-8,12,16,18H,4-5,9-11,13-15H2,1-3H3,(H,22,23). The van der Waals surface area contributed by atoms with Crippen molar-refractivity contribution in [3.8, 4) is 0 Å². The highest BCUT2D eigenvalue weighted by atomic mass is 79.9. The number of ether oxygens (including phenoxy) is 1. The third-order valence-electron chi connectivity index (χ3n) is 4.74. The van der Waals surface area contributed by atoms with Crippen molar-refractivity contribution in [3.05, 3.63) is 34.3 Å². The predicted molar refractivity (Wildman–Crippen MR) is 109 cm³/mol. The van der Waals surface area contributed by atoms with Crippen molar-refractivity contribution in [2.75, 3.05) is 39.9 Å². The minimum Gasteiger partial charge on any atom is -0.381 e. The van der Waals surface area contributed by atoms with Gasteiger partial charge < -0.3 is 15.0 Å². The van der Waals surface area contributed by atoms with Crippen LogP contribution in [0.25, 0.3) is 0 Å². The van der Waals surface area contributed by atoms with Crippen LogP contribution in [0.3, 0.4) is 0 Å². The monoisotopic (exact) mass is 409 g/mol. The number of hydrogen-bond acceptors (Lipinski definition) is 2. The topological polar surface area (TPSA) is 36.9 Å². The summed E-state index contributed by atoms with van der Waals surface area (Å²) < 4.78 is 6.65. The number of benzene rings is 1. The molecule has 1 N–H and O–H groups in total. The zero-order valence-electron chi connectivity index (χ0n) is 15.8. The minimum atomic E-state index is 0.561. The number of nitrogens with one attached hydrogen (secondary N) is 1. The lowest BCUT2D eigenvalue weighted by molar-refractivity contribution is 0.181. The molecule has 0 aliphatic carbocycles. The first kappa shape index (κ1) is 20.2. The summed E-state index contributed by atoms with van der Waals surface area (Å²) in [7, 11) is 2.13. The number of aliphatic imine (C=N–C) groups is 1. The summed E-state index contributed by atoms with van der Waals surface area (Å²) >= 11 is 3.56. The molecule has 1 heterocycles. The first-order chi connectivity index (χ1) is 12.1. The van der Waals surface area contributed by atoms with Crippen LogP contribution in [0, 0.1) is 11.8 Å². The first-order valence-corrected chi connectivity index (χ1v) is 10.2. The molecule has 2 unspecified atom stereocenters. The number of rotatable bonds is 8. The molecule has 1 aromatic carbocycles. The summed E-state index contributed by atoms with van der Waals surface area (Å²) in [5.41, 5.74) is 1.37. The van der Waals surface area contributed by atoms with Gasteiger partial charge in [0, 0.05) is 43.7 Å². The van der Waals surface area contributed by atoms with Gasteiger partial charge in [-0.1, -0.05) is 41.4 Å². The Morgan fingerprint density at radius 3 is 2.92 bits per heavy atom. The fraction of sp³-hybridized carbons (Fsp3) is 0.650. The lowest BCUT2D eigenvalue weighted by Crippen LogP contribution is -2.41. The third-order valence-corrected chi connectivity index (χ3v) is 5.24. The van der Waals surface area contributed by atoms with Crippen molar-refractivity contribution < 1.29 is 4.74 Å². The Kier molecular flexibility index (Phi) is 8.76. The largest absolute Gasteiger partial charge is 0.381 e. The fourth-order valence-electron chi connectivity index (χ4n) is 3.22. The second kappa shape index (κ2) is 10.8. The maximum atomic E-state index is 5.50. The molecule has 4 nitrogen and oxygen atoms in total. The van der Waals surface area contributed by atoms with Gasteiger partial charge in [-0.3, -0.25) is 4.99 Å². The van der Waals surface area contributed by atoms with Gasteiger partial charge in [0.05, 0.1) is 6.61 Å². The zero-order chi connectivity index (χ0) is 18.1. The van der Waals surface area contributed by atoms with E-state index in [1.54, 1.807) is 0 Å². The van der Waals surface area contributed by atoms with Crippen molar-refractivity contribution in [2.24, 2.45) is 16.8 Å².